The van der Waals surface area contributed by atoms with Crippen LogP contribution in [-0.4, -0.2) is 11.9 Å². The van der Waals surface area contributed by atoms with Gasteiger partial charge in [-0.05, 0) is 19.1 Å². The highest BCUT2D eigenvalue weighted by Gasteiger charge is 2.17. The van der Waals surface area contributed by atoms with Crippen LogP contribution in [0, 0.1) is 0 Å². The number of hydrogen-bond donors (Lipinski definition) is 0. The van der Waals surface area contributed by atoms with Gasteiger partial charge < -0.3 is 4.74 Å². The lowest BCUT2D eigenvalue weighted by atomic mass is 10.1. The van der Waals surface area contributed by atoms with Gasteiger partial charge in [0, 0.05) is 5.56 Å². The maximum atomic E-state index is 12.1. The summed E-state index contributed by atoms with van der Waals surface area (Å²) in [6.07, 6.45) is -0.563. The highest BCUT2D eigenvalue weighted by atomic mass is 35.5. The van der Waals surface area contributed by atoms with E-state index in [1.165, 1.54) is 0 Å². The predicted molar refractivity (Wildman–Crippen MR) is 72.3 cm³/mol. The topological polar surface area (TPSA) is 26.3 Å². The molecular formula is C15H13ClO2. The fourth-order valence-electron chi connectivity index (χ4n) is 1.62. The number of benzene rings is 2. The third kappa shape index (κ3) is 2.90. The lowest BCUT2D eigenvalue weighted by Crippen LogP contribution is -2.23. The predicted octanol–water partition coefficient (Wildman–Crippen LogP) is 3.99. The lowest BCUT2D eigenvalue weighted by molar-refractivity contribution is 0.0818. The van der Waals surface area contributed by atoms with Gasteiger partial charge in [0.05, 0.1) is 5.02 Å². The molecule has 0 heterocycles. The monoisotopic (exact) mass is 260 g/mol. The molecule has 2 aromatic rings. The van der Waals surface area contributed by atoms with E-state index in [4.69, 9.17) is 16.3 Å². The highest BCUT2D eigenvalue weighted by molar-refractivity contribution is 6.32. The molecule has 0 aliphatic rings. The number of carbonyl (C=O) groups excluding carboxylic acids is 1. The first kappa shape index (κ1) is 12.7. The molecule has 0 saturated carbocycles. The van der Waals surface area contributed by atoms with Crippen LogP contribution in [0.4, 0.5) is 0 Å². The van der Waals surface area contributed by atoms with Crippen LogP contribution in [0.25, 0.3) is 0 Å². The average molecular weight is 261 g/mol. The van der Waals surface area contributed by atoms with E-state index >= 15 is 0 Å². The van der Waals surface area contributed by atoms with Gasteiger partial charge >= 0.3 is 0 Å². The van der Waals surface area contributed by atoms with Crippen LogP contribution in [0.5, 0.6) is 5.75 Å². The minimum absolute atomic E-state index is 0.0597. The van der Waals surface area contributed by atoms with Crippen molar-refractivity contribution in [2.75, 3.05) is 0 Å². The van der Waals surface area contributed by atoms with Gasteiger partial charge in [0.15, 0.2) is 6.10 Å². The first-order valence-corrected chi connectivity index (χ1v) is 6.06. The zero-order chi connectivity index (χ0) is 13.0. The number of hydrogen-bond acceptors (Lipinski definition) is 2. The summed E-state index contributed by atoms with van der Waals surface area (Å²) in [5.41, 5.74) is 0.636. The number of carbonyl (C=O) groups is 1. The molecule has 0 saturated heterocycles. The molecule has 0 spiro atoms. The molecule has 92 valence electrons. The van der Waals surface area contributed by atoms with Crippen molar-refractivity contribution in [3.05, 3.63) is 65.2 Å². The smallest absolute Gasteiger partial charge is 0.202 e. The van der Waals surface area contributed by atoms with E-state index in [2.05, 4.69) is 0 Å². The Morgan fingerprint density at radius 1 is 1.06 bits per heavy atom. The summed E-state index contributed by atoms with van der Waals surface area (Å²) < 4.78 is 5.58. The summed E-state index contributed by atoms with van der Waals surface area (Å²) in [4.78, 5) is 12.1. The van der Waals surface area contributed by atoms with Gasteiger partial charge in [0.1, 0.15) is 5.75 Å². The van der Waals surface area contributed by atoms with E-state index in [-0.39, 0.29) is 5.78 Å². The molecule has 2 rings (SSSR count). The van der Waals surface area contributed by atoms with E-state index in [1.807, 2.05) is 30.3 Å². The van der Waals surface area contributed by atoms with Crippen molar-refractivity contribution in [2.45, 2.75) is 13.0 Å². The molecule has 0 N–H and O–H groups in total. The molecule has 0 radical (unpaired) electrons. The van der Waals surface area contributed by atoms with Crippen molar-refractivity contribution in [2.24, 2.45) is 0 Å². The van der Waals surface area contributed by atoms with Crippen molar-refractivity contribution in [1.29, 1.82) is 0 Å². The second-order valence-electron chi connectivity index (χ2n) is 3.92. The third-order valence-corrected chi connectivity index (χ3v) is 2.88. The summed E-state index contributed by atoms with van der Waals surface area (Å²) >= 11 is 5.98. The fraction of sp³-hybridized carbons (Fsp3) is 0.133. The van der Waals surface area contributed by atoms with Gasteiger partial charge in [0.25, 0.3) is 0 Å². The van der Waals surface area contributed by atoms with Crippen molar-refractivity contribution in [3.8, 4) is 5.75 Å². The Kier molecular flexibility index (Phi) is 4.00. The second-order valence-corrected chi connectivity index (χ2v) is 4.33. The Morgan fingerprint density at radius 3 is 2.33 bits per heavy atom. The van der Waals surface area contributed by atoms with Gasteiger partial charge in [-0.1, -0.05) is 54.1 Å². The Labute approximate surface area is 111 Å². The number of Topliss-reactive ketones (excluding diaryl/α,β-unsaturated/α-hetero) is 1. The first-order valence-electron chi connectivity index (χ1n) is 5.69. The van der Waals surface area contributed by atoms with Crippen LogP contribution in [0.1, 0.15) is 17.3 Å². The van der Waals surface area contributed by atoms with Gasteiger partial charge in [-0.3, -0.25) is 4.79 Å². The molecule has 0 bridgehead atoms. The zero-order valence-corrected chi connectivity index (χ0v) is 10.7. The quantitative estimate of drug-likeness (QED) is 0.777. The van der Waals surface area contributed by atoms with Crippen molar-refractivity contribution >= 4 is 17.4 Å². The van der Waals surface area contributed by atoms with Crippen LogP contribution in [-0.2, 0) is 0 Å². The summed E-state index contributed by atoms with van der Waals surface area (Å²) in [6.45, 7) is 1.72. The number of rotatable bonds is 4. The molecule has 2 aromatic carbocycles. The van der Waals surface area contributed by atoms with Gasteiger partial charge in [-0.2, -0.15) is 0 Å². The van der Waals surface area contributed by atoms with Crippen LogP contribution in [0.2, 0.25) is 5.02 Å². The molecule has 0 amide bonds. The van der Waals surface area contributed by atoms with Crippen LogP contribution in [0.15, 0.2) is 54.6 Å². The Balaban J connectivity index is 2.11. The highest BCUT2D eigenvalue weighted by Crippen LogP contribution is 2.24. The maximum Gasteiger partial charge on any atom is 0.202 e. The molecule has 0 aliphatic heterocycles. The molecule has 2 nitrogen and oxygen atoms in total. The average Bonchev–Trinajstić information content (AvgIpc) is 2.41. The molecule has 1 atom stereocenters. The standard InChI is InChI=1S/C15H13ClO2/c1-11(15(17)12-7-3-2-4-8-12)18-14-10-6-5-9-13(14)16/h2-11H,1H3/t11-/m0/s1. The van der Waals surface area contributed by atoms with E-state index in [0.717, 1.165) is 0 Å². The van der Waals surface area contributed by atoms with Crippen LogP contribution in [0.3, 0.4) is 0 Å². The summed E-state index contributed by atoms with van der Waals surface area (Å²) in [7, 11) is 0. The molecule has 0 unspecified atom stereocenters. The minimum Gasteiger partial charge on any atom is -0.481 e. The van der Waals surface area contributed by atoms with E-state index in [9.17, 15) is 4.79 Å². The zero-order valence-electron chi connectivity index (χ0n) is 9.97. The molecule has 0 aromatic heterocycles. The third-order valence-electron chi connectivity index (χ3n) is 2.57. The molecular weight excluding hydrogens is 248 g/mol. The Morgan fingerprint density at radius 2 is 1.67 bits per heavy atom. The molecule has 18 heavy (non-hydrogen) atoms. The summed E-state index contributed by atoms with van der Waals surface area (Å²) in [5, 5.41) is 0.505. The van der Waals surface area contributed by atoms with E-state index in [0.29, 0.717) is 16.3 Å². The Bertz CT molecular complexity index is 537. The molecule has 3 heteroatoms. The number of halogens is 1. The van der Waals surface area contributed by atoms with Gasteiger partial charge in [0.2, 0.25) is 5.78 Å². The van der Waals surface area contributed by atoms with Crippen molar-refractivity contribution < 1.29 is 9.53 Å². The largest absolute Gasteiger partial charge is 0.481 e. The lowest BCUT2D eigenvalue weighted by Gasteiger charge is -2.14. The summed E-state index contributed by atoms with van der Waals surface area (Å²) in [6, 6.07) is 16.2. The maximum absolute atomic E-state index is 12.1. The second kappa shape index (κ2) is 5.69. The summed E-state index contributed by atoms with van der Waals surface area (Å²) in [5.74, 6) is 0.464. The number of ether oxygens (including phenoxy) is 1. The fourth-order valence-corrected chi connectivity index (χ4v) is 1.80. The first-order chi connectivity index (χ1) is 8.68. The van der Waals surface area contributed by atoms with Gasteiger partial charge in [-0.15, -0.1) is 0 Å². The SMILES string of the molecule is C[C@H](Oc1ccccc1Cl)C(=O)c1ccccc1. The van der Waals surface area contributed by atoms with E-state index < -0.39 is 6.10 Å². The van der Waals surface area contributed by atoms with Crippen molar-refractivity contribution in [1.82, 2.24) is 0 Å². The minimum atomic E-state index is -0.563. The van der Waals surface area contributed by atoms with Gasteiger partial charge in [-0.25, -0.2) is 0 Å². The number of para-hydroxylation sites is 1. The number of ketones is 1. The van der Waals surface area contributed by atoms with Crippen LogP contribution < -0.4 is 4.74 Å². The molecule has 0 aliphatic carbocycles. The molecule has 0 fully saturated rings. The van der Waals surface area contributed by atoms with E-state index in [1.54, 1.807) is 31.2 Å². The normalized spacial score (nSPS) is 11.9. The van der Waals surface area contributed by atoms with Crippen molar-refractivity contribution in [3.63, 3.8) is 0 Å². The Hall–Kier alpha value is -1.80. The van der Waals surface area contributed by atoms with Crippen LogP contribution >= 0.6 is 11.6 Å².